The van der Waals surface area contributed by atoms with Gasteiger partial charge in [0.1, 0.15) is 0 Å². The standard InChI is InChI=1S/C16H16N2O2/c19-16(18-20)14-7-5-11-9-13(6-4-12(11)10-14)15-3-1-2-8-17-15/h1-3,5,7-8,10,13,20H,4,6,9H2,(H,18,19). The van der Waals surface area contributed by atoms with Crippen LogP contribution in [0.25, 0.3) is 0 Å². The van der Waals surface area contributed by atoms with Gasteiger partial charge in [0.15, 0.2) is 0 Å². The van der Waals surface area contributed by atoms with Gasteiger partial charge < -0.3 is 0 Å². The predicted molar refractivity (Wildman–Crippen MR) is 74.7 cm³/mol. The highest BCUT2D eigenvalue weighted by molar-refractivity contribution is 5.93. The molecule has 1 aromatic heterocycles. The van der Waals surface area contributed by atoms with E-state index in [2.05, 4.69) is 11.1 Å². The van der Waals surface area contributed by atoms with E-state index in [0.29, 0.717) is 11.5 Å². The van der Waals surface area contributed by atoms with E-state index in [0.717, 1.165) is 25.0 Å². The number of pyridine rings is 1. The van der Waals surface area contributed by atoms with Crippen LogP contribution < -0.4 is 5.48 Å². The maximum atomic E-state index is 11.4. The molecule has 2 aromatic rings. The Balaban J connectivity index is 1.84. The molecule has 1 aliphatic rings. The second-order valence-electron chi connectivity index (χ2n) is 5.12. The molecule has 1 amide bonds. The molecule has 1 aromatic carbocycles. The number of rotatable bonds is 2. The second-order valence-corrected chi connectivity index (χ2v) is 5.12. The fourth-order valence-corrected chi connectivity index (χ4v) is 2.83. The van der Waals surface area contributed by atoms with E-state index in [1.54, 1.807) is 11.5 Å². The van der Waals surface area contributed by atoms with Crippen LogP contribution in [0, 0.1) is 0 Å². The number of amides is 1. The lowest BCUT2D eigenvalue weighted by atomic mass is 9.81. The van der Waals surface area contributed by atoms with E-state index in [-0.39, 0.29) is 0 Å². The quantitative estimate of drug-likeness (QED) is 0.649. The summed E-state index contributed by atoms with van der Waals surface area (Å²) in [7, 11) is 0. The van der Waals surface area contributed by atoms with Crippen LogP contribution in [0.5, 0.6) is 0 Å². The molecule has 20 heavy (non-hydrogen) atoms. The smallest absolute Gasteiger partial charge is 0.274 e. The molecule has 0 fully saturated rings. The van der Waals surface area contributed by atoms with Crippen molar-refractivity contribution >= 4 is 5.91 Å². The molecule has 4 nitrogen and oxygen atoms in total. The molecule has 0 saturated carbocycles. The first-order chi connectivity index (χ1) is 9.78. The van der Waals surface area contributed by atoms with Crippen molar-refractivity contribution in [1.82, 2.24) is 10.5 Å². The monoisotopic (exact) mass is 268 g/mol. The Morgan fingerprint density at radius 3 is 2.90 bits per heavy atom. The van der Waals surface area contributed by atoms with Crippen LogP contribution in [0.2, 0.25) is 0 Å². The summed E-state index contributed by atoms with van der Waals surface area (Å²) in [6.07, 6.45) is 4.75. The summed E-state index contributed by atoms with van der Waals surface area (Å²) in [5, 5.41) is 8.68. The normalized spacial score (nSPS) is 17.4. The summed E-state index contributed by atoms with van der Waals surface area (Å²) in [6, 6.07) is 11.6. The third-order valence-corrected chi connectivity index (χ3v) is 3.90. The van der Waals surface area contributed by atoms with Crippen molar-refractivity contribution in [1.29, 1.82) is 0 Å². The minimum Gasteiger partial charge on any atom is -0.288 e. The molecular weight excluding hydrogens is 252 g/mol. The predicted octanol–water partition coefficient (Wildman–Crippen LogP) is 2.47. The number of nitrogens with zero attached hydrogens (tertiary/aromatic N) is 1. The SMILES string of the molecule is O=C(NO)c1ccc2c(c1)CCC(c1ccccn1)C2. The Kier molecular flexibility index (Phi) is 3.48. The lowest BCUT2D eigenvalue weighted by molar-refractivity contribution is 0.0706. The van der Waals surface area contributed by atoms with Crippen LogP contribution in [0.1, 0.15) is 39.5 Å². The van der Waals surface area contributed by atoms with E-state index < -0.39 is 5.91 Å². The number of benzene rings is 1. The Hall–Kier alpha value is -2.20. The molecule has 1 heterocycles. The summed E-state index contributed by atoms with van der Waals surface area (Å²) in [6.45, 7) is 0. The van der Waals surface area contributed by atoms with Gasteiger partial charge in [-0.15, -0.1) is 0 Å². The Labute approximate surface area is 117 Å². The number of aromatic nitrogens is 1. The lowest BCUT2D eigenvalue weighted by Gasteiger charge is -2.24. The summed E-state index contributed by atoms with van der Waals surface area (Å²) >= 11 is 0. The zero-order valence-electron chi connectivity index (χ0n) is 11.0. The van der Waals surface area contributed by atoms with Crippen LogP contribution in [0.3, 0.4) is 0 Å². The molecule has 0 radical (unpaired) electrons. The third-order valence-electron chi connectivity index (χ3n) is 3.90. The van der Waals surface area contributed by atoms with Gasteiger partial charge in [0.25, 0.3) is 5.91 Å². The molecule has 3 rings (SSSR count). The third kappa shape index (κ3) is 2.42. The molecule has 1 unspecified atom stereocenters. The Morgan fingerprint density at radius 2 is 2.15 bits per heavy atom. The van der Waals surface area contributed by atoms with Gasteiger partial charge in [-0.25, -0.2) is 5.48 Å². The van der Waals surface area contributed by atoms with Gasteiger partial charge in [0, 0.05) is 23.4 Å². The summed E-state index contributed by atoms with van der Waals surface area (Å²) in [5.41, 5.74) is 5.77. The number of carbonyl (C=O) groups excluding carboxylic acids is 1. The summed E-state index contributed by atoms with van der Waals surface area (Å²) < 4.78 is 0. The zero-order valence-corrected chi connectivity index (χ0v) is 11.0. The number of hydrogen-bond acceptors (Lipinski definition) is 3. The van der Waals surface area contributed by atoms with Crippen molar-refractivity contribution in [3.05, 3.63) is 65.0 Å². The average Bonchev–Trinajstić information content (AvgIpc) is 2.54. The minimum atomic E-state index is -0.459. The lowest BCUT2D eigenvalue weighted by Crippen LogP contribution is -2.20. The Morgan fingerprint density at radius 1 is 1.25 bits per heavy atom. The molecule has 0 aliphatic heterocycles. The molecule has 0 bridgehead atoms. The molecule has 0 spiro atoms. The first-order valence-corrected chi connectivity index (χ1v) is 6.75. The molecule has 102 valence electrons. The van der Waals surface area contributed by atoms with Crippen molar-refractivity contribution in [2.24, 2.45) is 0 Å². The maximum absolute atomic E-state index is 11.4. The van der Waals surface area contributed by atoms with Crippen LogP contribution in [-0.2, 0) is 12.8 Å². The van der Waals surface area contributed by atoms with Gasteiger partial charge in [-0.05, 0) is 54.7 Å². The van der Waals surface area contributed by atoms with Crippen LogP contribution >= 0.6 is 0 Å². The van der Waals surface area contributed by atoms with Gasteiger partial charge in [-0.1, -0.05) is 12.1 Å². The van der Waals surface area contributed by atoms with Crippen molar-refractivity contribution in [3.8, 4) is 0 Å². The summed E-state index contributed by atoms with van der Waals surface area (Å²) in [4.78, 5) is 15.9. The number of hydroxylamine groups is 1. The number of carbonyl (C=O) groups is 1. The average molecular weight is 268 g/mol. The largest absolute Gasteiger partial charge is 0.288 e. The number of aryl methyl sites for hydroxylation is 1. The first kappa shape index (κ1) is 12.8. The molecular formula is C16H16N2O2. The molecule has 2 N–H and O–H groups in total. The fourth-order valence-electron chi connectivity index (χ4n) is 2.83. The van der Waals surface area contributed by atoms with E-state index in [1.807, 2.05) is 30.5 Å². The molecule has 1 aliphatic carbocycles. The van der Waals surface area contributed by atoms with Crippen molar-refractivity contribution in [2.75, 3.05) is 0 Å². The fraction of sp³-hybridized carbons (Fsp3) is 0.250. The van der Waals surface area contributed by atoms with Gasteiger partial charge in [-0.3, -0.25) is 15.0 Å². The number of fused-ring (bicyclic) bond motifs is 1. The van der Waals surface area contributed by atoms with E-state index >= 15 is 0 Å². The molecule has 0 saturated heterocycles. The highest BCUT2D eigenvalue weighted by Crippen LogP contribution is 2.32. The number of nitrogens with one attached hydrogen (secondary N) is 1. The van der Waals surface area contributed by atoms with Gasteiger partial charge in [0.05, 0.1) is 0 Å². The van der Waals surface area contributed by atoms with Crippen molar-refractivity contribution in [3.63, 3.8) is 0 Å². The Bertz CT molecular complexity index is 626. The van der Waals surface area contributed by atoms with Crippen LogP contribution in [-0.4, -0.2) is 16.1 Å². The minimum absolute atomic E-state index is 0.446. The van der Waals surface area contributed by atoms with Gasteiger partial charge in [-0.2, -0.15) is 0 Å². The summed E-state index contributed by atoms with van der Waals surface area (Å²) in [5.74, 6) is -0.0131. The van der Waals surface area contributed by atoms with E-state index in [1.165, 1.54) is 11.1 Å². The number of hydrogen-bond donors (Lipinski definition) is 2. The maximum Gasteiger partial charge on any atom is 0.274 e. The molecule has 4 heteroatoms. The highest BCUT2D eigenvalue weighted by Gasteiger charge is 2.21. The first-order valence-electron chi connectivity index (χ1n) is 6.75. The molecule has 1 atom stereocenters. The van der Waals surface area contributed by atoms with Crippen molar-refractivity contribution < 1.29 is 10.0 Å². The van der Waals surface area contributed by atoms with Crippen LogP contribution in [0.4, 0.5) is 0 Å². The topological polar surface area (TPSA) is 62.2 Å². The van der Waals surface area contributed by atoms with E-state index in [4.69, 9.17) is 5.21 Å². The van der Waals surface area contributed by atoms with Crippen molar-refractivity contribution in [2.45, 2.75) is 25.2 Å². The zero-order chi connectivity index (χ0) is 13.9. The van der Waals surface area contributed by atoms with E-state index in [9.17, 15) is 4.79 Å². The van der Waals surface area contributed by atoms with Gasteiger partial charge in [0.2, 0.25) is 0 Å². The van der Waals surface area contributed by atoms with Gasteiger partial charge >= 0.3 is 0 Å². The second kappa shape index (κ2) is 5.43. The van der Waals surface area contributed by atoms with Crippen LogP contribution in [0.15, 0.2) is 42.6 Å². The highest BCUT2D eigenvalue weighted by atomic mass is 16.5.